The van der Waals surface area contributed by atoms with E-state index in [9.17, 15) is 0 Å². The van der Waals surface area contributed by atoms with Crippen molar-refractivity contribution in [3.63, 3.8) is 0 Å². The lowest BCUT2D eigenvalue weighted by Crippen LogP contribution is -2.43. The van der Waals surface area contributed by atoms with Crippen LogP contribution in [0.1, 0.15) is 12.5 Å². The van der Waals surface area contributed by atoms with E-state index in [2.05, 4.69) is 17.9 Å². The van der Waals surface area contributed by atoms with Crippen LogP contribution in [0.2, 0.25) is 0 Å². The largest absolute Gasteiger partial charge is 0.377 e. The first-order valence-electron chi connectivity index (χ1n) is 5.16. The maximum Gasteiger partial charge on any atom is 0.0992 e. The second-order valence-electron chi connectivity index (χ2n) is 3.78. The van der Waals surface area contributed by atoms with E-state index in [1.807, 2.05) is 24.3 Å². The third-order valence-electron chi connectivity index (χ3n) is 2.67. The van der Waals surface area contributed by atoms with Gasteiger partial charge >= 0.3 is 0 Å². The van der Waals surface area contributed by atoms with Crippen LogP contribution in [-0.2, 0) is 4.74 Å². The molecule has 1 fully saturated rings. The highest BCUT2D eigenvalue weighted by Crippen LogP contribution is 2.20. The molecule has 2 rings (SSSR count). The third-order valence-corrected chi connectivity index (χ3v) is 2.67. The van der Waals surface area contributed by atoms with Gasteiger partial charge in [0.2, 0.25) is 0 Å². The minimum Gasteiger partial charge on any atom is -0.377 e. The average Bonchev–Trinajstić information content (AvgIpc) is 2.30. The Kier molecular flexibility index (Phi) is 2.89. The van der Waals surface area contributed by atoms with Crippen LogP contribution in [0.25, 0.3) is 0 Å². The molecule has 1 atom stereocenters. The van der Waals surface area contributed by atoms with Gasteiger partial charge in [0.25, 0.3) is 0 Å². The fraction of sp³-hybridized carbons (Fsp3) is 0.417. The van der Waals surface area contributed by atoms with Crippen LogP contribution < -0.4 is 4.90 Å². The van der Waals surface area contributed by atoms with Crippen molar-refractivity contribution in [2.24, 2.45) is 0 Å². The number of nitriles is 1. The van der Waals surface area contributed by atoms with E-state index in [0.29, 0.717) is 11.6 Å². The van der Waals surface area contributed by atoms with Crippen molar-refractivity contribution < 1.29 is 4.74 Å². The molecule has 1 aromatic rings. The van der Waals surface area contributed by atoms with Gasteiger partial charge in [-0.25, -0.2) is 0 Å². The van der Waals surface area contributed by atoms with Gasteiger partial charge < -0.3 is 9.64 Å². The summed E-state index contributed by atoms with van der Waals surface area (Å²) in [7, 11) is 0. The number of hydrogen-bond acceptors (Lipinski definition) is 3. The van der Waals surface area contributed by atoms with Crippen molar-refractivity contribution in [1.82, 2.24) is 0 Å². The monoisotopic (exact) mass is 202 g/mol. The van der Waals surface area contributed by atoms with Gasteiger partial charge in [-0.2, -0.15) is 5.26 Å². The van der Waals surface area contributed by atoms with Gasteiger partial charge in [-0.15, -0.1) is 0 Å². The van der Waals surface area contributed by atoms with E-state index in [1.165, 1.54) is 0 Å². The first-order valence-corrected chi connectivity index (χ1v) is 5.16. The summed E-state index contributed by atoms with van der Waals surface area (Å²) in [5, 5.41) is 8.83. The highest BCUT2D eigenvalue weighted by molar-refractivity contribution is 5.52. The molecule has 0 N–H and O–H groups in total. The van der Waals surface area contributed by atoms with Gasteiger partial charge in [-0.3, -0.25) is 0 Å². The molecule has 1 aliphatic heterocycles. The summed E-state index contributed by atoms with van der Waals surface area (Å²) in [6.45, 7) is 4.56. The van der Waals surface area contributed by atoms with Crippen molar-refractivity contribution in [3.05, 3.63) is 29.8 Å². The molecule has 3 nitrogen and oxygen atoms in total. The summed E-state index contributed by atoms with van der Waals surface area (Å²) >= 11 is 0. The first kappa shape index (κ1) is 10.0. The molecule has 0 aliphatic carbocycles. The second-order valence-corrected chi connectivity index (χ2v) is 3.78. The molecule has 0 spiro atoms. The van der Waals surface area contributed by atoms with Crippen LogP contribution in [0.5, 0.6) is 0 Å². The third kappa shape index (κ3) is 2.11. The van der Waals surface area contributed by atoms with Crippen LogP contribution in [0, 0.1) is 11.3 Å². The molecule has 1 aromatic carbocycles. The van der Waals surface area contributed by atoms with E-state index in [-0.39, 0.29) is 0 Å². The highest BCUT2D eigenvalue weighted by Gasteiger charge is 2.18. The van der Waals surface area contributed by atoms with E-state index < -0.39 is 0 Å². The molecule has 1 aliphatic rings. The summed E-state index contributed by atoms with van der Waals surface area (Å²) in [6.07, 6.45) is 0. The molecule has 15 heavy (non-hydrogen) atoms. The molecule has 0 amide bonds. The number of anilines is 1. The highest BCUT2D eigenvalue weighted by atomic mass is 16.5. The molecular weight excluding hydrogens is 188 g/mol. The van der Waals surface area contributed by atoms with Gasteiger partial charge in [-0.1, -0.05) is 6.07 Å². The Morgan fingerprint density at radius 3 is 3.13 bits per heavy atom. The smallest absolute Gasteiger partial charge is 0.0992 e. The molecule has 1 unspecified atom stereocenters. The normalized spacial score (nSPS) is 21.1. The van der Waals surface area contributed by atoms with Crippen LogP contribution in [0.3, 0.4) is 0 Å². The molecule has 0 saturated carbocycles. The van der Waals surface area contributed by atoms with Gasteiger partial charge in [0.05, 0.1) is 24.8 Å². The summed E-state index contributed by atoms with van der Waals surface area (Å²) in [6, 6.07) is 10.3. The predicted molar refractivity (Wildman–Crippen MR) is 58.8 cm³/mol. The summed E-state index contributed by atoms with van der Waals surface area (Å²) < 4.78 is 5.38. The van der Waals surface area contributed by atoms with Crippen molar-refractivity contribution >= 4 is 5.69 Å². The van der Waals surface area contributed by atoms with Crippen molar-refractivity contribution in [2.45, 2.75) is 13.0 Å². The summed E-state index contributed by atoms with van der Waals surface area (Å²) in [5.74, 6) is 0. The molecule has 0 radical (unpaired) electrons. The number of rotatable bonds is 1. The Labute approximate surface area is 89.9 Å². The minimum absolute atomic E-state index is 0.382. The van der Waals surface area contributed by atoms with Crippen LogP contribution in [0.4, 0.5) is 5.69 Å². The Morgan fingerprint density at radius 2 is 2.40 bits per heavy atom. The molecular formula is C12H14N2O. The Balaban J connectivity index is 2.24. The molecule has 0 aromatic heterocycles. The average molecular weight is 202 g/mol. The van der Waals surface area contributed by atoms with Crippen LogP contribution in [0.15, 0.2) is 24.3 Å². The number of ether oxygens (including phenoxy) is 1. The SMILES string of the molecule is CC1COCCN1c1cccc(C#N)c1. The fourth-order valence-electron chi connectivity index (χ4n) is 1.86. The molecule has 3 heteroatoms. The number of nitrogens with zero attached hydrogens (tertiary/aromatic N) is 2. The topological polar surface area (TPSA) is 36.3 Å². The number of morpholine rings is 1. The van der Waals surface area contributed by atoms with Crippen molar-refractivity contribution in [1.29, 1.82) is 5.26 Å². The molecule has 78 valence electrons. The van der Waals surface area contributed by atoms with E-state index >= 15 is 0 Å². The standard InChI is InChI=1S/C12H14N2O/c1-10-9-15-6-5-14(10)12-4-2-3-11(7-12)8-13/h2-4,7,10H,5-6,9H2,1H3. The quantitative estimate of drug-likeness (QED) is 0.696. The van der Waals surface area contributed by atoms with Crippen molar-refractivity contribution in [3.8, 4) is 6.07 Å². The van der Waals surface area contributed by atoms with Crippen molar-refractivity contribution in [2.75, 3.05) is 24.7 Å². The van der Waals surface area contributed by atoms with Crippen LogP contribution in [-0.4, -0.2) is 25.8 Å². The van der Waals surface area contributed by atoms with E-state index in [0.717, 1.165) is 25.4 Å². The Morgan fingerprint density at radius 1 is 1.53 bits per heavy atom. The first-order chi connectivity index (χ1) is 7.31. The van der Waals surface area contributed by atoms with E-state index in [1.54, 1.807) is 0 Å². The number of hydrogen-bond donors (Lipinski definition) is 0. The minimum atomic E-state index is 0.382. The maximum atomic E-state index is 8.83. The Bertz CT molecular complexity index is 383. The lowest BCUT2D eigenvalue weighted by Gasteiger charge is -2.35. The molecule has 1 heterocycles. The zero-order valence-corrected chi connectivity index (χ0v) is 8.81. The lowest BCUT2D eigenvalue weighted by molar-refractivity contribution is 0.0989. The second kappa shape index (κ2) is 4.33. The zero-order valence-electron chi connectivity index (χ0n) is 8.81. The summed E-state index contributed by atoms with van der Waals surface area (Å²) in [5.41, 5.74) is 1.83. The lowest BCUT2D eigenvalue weighted by atomic mass is 10.1. The van der Waals surface area contributed by atoms with E-state index in [4.69, 9.17) is 10.00 Å². The Hall–Kier alpha value is -1.53. The van der Waals surface area contributed by atoms with Gasteiger partial charge in [0.15, 0.2) is 0 Å². The maximum absolute atomic E-state index is 8.83. The predicted octanol–water partition coefficient (Wildman–Crippen LogP) is 1.78. The van der Waals surface area contributed by atoms with Gasteiger partial charge in [0, 0.05) is 18.3 Å². The van der Waals surface area contributed by atoms with Gasteiger partial charge in [0.1, 0.15) is 0 Å². The van der Waals surface area contributed by atoms with Gasteiger partial charge in [-0.05, 0) is 25.1 Å². The number of benzene rings is 1. The molecule has 0 bridgehead atoms. The zero-order chi connectivity index (χ0) is 10.7. The fourth-order valence-corrected chi connectivity index (χ4v) is 1.86. The molecule has 1 saturated heterocycles. The summed E-state index contributed by atoms with van der Waals surface area (Å²) in [4.78, 5) is 2.28. The van der Waals surface area contributed by atoms with Crippen LogP contribution >= 0.6 is 0 Å².